The van der Waals surface area contributed by atoms with Crippen molar-refractivity contribution in [3.05, 3.63) is 41.3 Å². The van der Waals surface area contributed by atoms with Crippen LogP contribution in [-0.4, -0.2) is 21.5 Å². The van der Waals surface area contributed by atoms with Crippen LogP contribution in [0.2, 0.25) is 0 Å². The summed E-state index contributed by atoms with van der Waals surface area (Å²) in [5, 5.41) is 3.38. The van der Waals surface area contributed by atoms with Crippen molar-refractivity contribution in [1.29, 1.82) is 0 Å². The maximum atomic E-state index is 4.74. The van der Waals surface area contributed by atoms with Crippen LogP contribution < -0.4 is 5.32 Å². The number of pyridine rings is 1. The molecule has 19 heavy (non-hydrogen) atoms. The van der Waals surface area contributed by atoms with Gasteiger partial charge in [-0.2, -0.15) is 0 Å². The largest absolute Gasteiger partial charge is 0.311 e. The van der Waals surface area contributed by atoms with E-state index in [9.17, 15) is 0 Å². The Morgan fingerprint density at radius 1 is 1.26 bits per heavy atom. The van der Waals surface area contributed by atoms with E-state index in [2.05, 4.69) is 17.2 Å². The van der Waals surface area contributed by atoms with Gasteiger partial charge in [0.1, 0.15) is 5.69 Å². The highest BCUT2D eigenvalue weighted by molar-refractivity contribution is 5.50. The number of nitrogens with one attached hydrogen (secondary N) is 1. The molecule has 0 unspecified atom stereocenters. The molecule has 4 nitrogen and oxygen atoms in total. The summed E-state index contributed by atoms with van der Waals surface area (Å²) < 4.78 is 0. The Bertz CT molecular complexity index is 566. The molecule has 2 aromatic heterocycles. The fourth-order valence-electron chi connectivity index (χ4n) is 2.49. The summed E-state index contributed by atoms with van der Waals surface area (Å²) in [7, 11) is 0. The van der Waals surface area contributed by atoms with Gasteiger partial charge in [-0.15, -0.1) is 0 Å². The van der Waals surface area contributed by atoms with Crippen molar-refractivity contribution in [3.63, 3.8) is 0 Å². The van der Waals surface area contributed by atoms with E-state index in [1.54, 1.807) is 6.20 Å². The lowest BCUT2D eigenvalue weighted by atomic mass is 10.0. The van der Waals surface area contributed by atoms with Gasteiger partial charge in [-0.1, -0.05) is 19.4 Å². The van der Waals surface area contributed by atoms with Crippen molar-refractivity contribution in [3.8, 4) is 11.5 Å². The van der Waals surface area contributed by atoms with E-state index in [1.165, 1.54) is 11.3 Å². The minimum Gasteiger partial charge on any atom is -0.311 e. The Kier molecular flexibility index (Phi) is 3.51. The Morgan fingerprint density at radius 3 is 3.00 bits per heavy atom. The van der Waals surface area contributed by atoms with E-state index >= 15 is 0 Å². The maximum Gasteiger partial charge on any atom is 0.178 e. The molecule has 1 aliphatic heterocycles. The van der Waals surface area contributed by atoms with Gasteiger partial charge in [-0.3, -0.25) is 4.98 Å². The second-order valence-corrected chi connectivity index (χ2v) is 4.81. The first kappa shape index (κ1) is 12.2. The molecule has 98 valence electrons. The molecule has 0 radical (unpaired) electrons. The van der Waals surface area contributed by atoms with Gasteiger partial charge in [0.2, 0.25) is 0 Å². The molecule has 1 N–H and O–H groups in total. The summed E-state index contributed by atoms with van der Waals surface area (Å²) in [5.41, 5.74) is 4.55. The summed E-state index contributed by atoms with van der Waals surface area (Å²) in [6.07, 6.45) is 4.95. The summed E-state index contributed by atoms with van der Waals surface area (Å²) in [4.78, 5) is 13.8. The van der Waals surface area contributed by atoms with Crippen LogP contribution in [0.4, 0.5) is 0 Å². The molecule has 0 saturated carbocycles. The maximum absolute atomic E-state index is 4.74. The van der Waals surface area contributed by atoms with Crippen molar-refractivity contribution >= 4 is 0 Å². The number of aromatic nitrogens is 3. The summed E-state index contributed by atoms with van der Waals surface area (Å²) in [6.45, 7) is 4.06. The standard InChI is InChI=1S/C15H18N4/c1-2-5-12-11-7-9-16-10-14(11)19-15(18-12)13-6-3-4-8-17-13/h3-4,6,8,16H,2,5,7,9-10H2,1H3. The van der Waals surface area contributed by atoms with Crippen LogP contribution in [0, 0.1) is 0 Å². The van der Waals surface area contributed by atoms with Gasteiger partial charge < -0.3 is 5.32 Å². The van der Waals surface area contributed by atoms with Crippen LogP contribution in [-0.2, 0) is 19.4 Å². The minimum absolute atomic E-state index is 0.756. The molecule has 0 bridgehead atoms. The summed E-state index contributed by atoms with van der Waals surface area (Å²) >= 11 is 0. The topological polar surface area (TPSA) is 50.7 Å². The summed E-state index contributed by atoms with van der Waals surface area (Å²) in [6, 6.07) is 5.85. The molecule has 0 atom stereocenters. The van der Waals surface area contributed by atoms with Gasteiger partial charge >= 0.3 is 0 Å². The Balaban J connectivity index is 2.09. The van der Waals surface area contributed by atoms with Gasteiger partial charge in [0.15, 0.2) is 5.82 Å². The number of aryl methyl sites for hydroxylation is 1. The van der Waals surface area contributed by atoms with Crippen molar-refractivity contribution in [2.75, 3.05) is 6.54 Å². The number of nitrogens with zero attached hydrogens (tertiary/aromatic N) is 3. The van der Waals surface area contributed by atoms with Crippen LogP contribution in [0.15, 0.2) is 24.4 Å². The fraction of sp³-hybridized carbons (Fsp3) is 0.400. The molecule has 4 heteroatoms. The van der Waals surface area contributed by atoms with E-state index in [0.717, 1.165) is 49.6 Å². The summed E-state index contributed by atoms with van der Waals surface area (Å²) in [5.74, 6) is 0.756. The van der Waals surface area contributed by atoms with Gasteiger partial charge in [0, 0.05) is 18.4 Å². The molecule has 0 amide bonds. The fourth-order valence-corrected chi connectivity index (χ4v) is 2.49. The number of hydrogen-bond donors (Lipinski definition) is 1. The smallest absolute Gasteiger partial charge is 0.178 e. The molecule has 0 saturated heterocycles. The SMILES string of the molecule is CCCc1nc(-c2ccccn2)nc2c1CCNC2. The van der Waals surface area contributed by atoms with Crippen LogP contribution in [0.3, 0.4) is 0 Å². The average molecular weight is 254 g/mol. The first-order valence-electron chi connectivity index (χ1n) is 6.89. The zero-order valence-electron chi connectivity index (χ0n) is 11.2. The lowest BCUT2D eigenvalue weighted by Gasteiger charge is -2.19. The molecule has 3 heterocycles. The third-order valence-electron chi connectivity index (χ3n) is 3.40. The van der Waals surface area contributed by atoms with E-state index < -0.39 is 0 Å². The Labute approximate surface area is 113 Å². The molecule has 0 aliphatic carbocycles. The van der Waals surface area contributed by atoms with Gasteiger partial charge in [0.25, 0.3) is 0 Å². The molecule has 0 fully saturated rings. The highest BCUT2D eigenvalue weighted by Crippen LogP contribution is 2.21. The monoisotopic (exact) mass is 254 g/mol. The molecule has 3 rings (SSSR count). The van der Waals surface area contributed by atoms with Crippen LogP contribution in [0.1, 0.15) is 30.3 Å². The number of fused-ring (bicyclic) bond motifs is 1. The van der Waals surface area contributed by atoms with Crippen LogP contribution >= 0.6 is 0 Å². The average Bonchev–Trinajstić information content (AvgIpc) is 2.48. The second kappa shape index (κ2) is 5.45. The lowest BCUT2D eigenvalue weighted by Crippen LogP contribution is -2.26. The predicted molar refractivity (Wildman–Crippen MR) is 74.7 cm³/mol. The minimum atomic E-state index is 0.756. The van der Waals surface area contributed by atoms with Crippen molar-refractivity contribution < 1.29 is 0 Å². The first-order valence-corrected chi connectivity index (χ1v) is 6.89. The van der Waals surface area contributed by atoms with Gasteiger partial charge in [-0.25, -0.2) is 9.97 Å². The van der Waals surface area contributed by atoms with E-state index in [4.69, 9.17) is 9.97 Å². The van der Waals surface area contributed by atoms with Crippen LogP contribution in [0.5, 0.6) is 0 Å². The normalized spacial score (nSPS) is 14.2. The Hall–Kier alpha value is -1.81. The molecule has 2 aromatic rings. The van der Waals surface area contributed by atoms with E-state index in [-0.39, 0.29) is 0 Å². The Morgan fingerprint density at radius 2 is 2.21 bits per heavy atom. The first-order chi connectivity index (χ1) is 9.38. The highest BCUT2D eigenvalue weighted by Gasteiger charge is 2.17. The predicted octanol–water partition coefficient (Wildman–Crippen LogP) is 2.14. The van der Waals surface area contributed by atoms with E-state index in [0.29, 0.717) is 0 Å². The van der Waals surface area contributed by atoms with Gasteiger partial charge in [0.05, 0.1) is 5.69 Å². The lowest BCUT2D eigenvalue weighted by molar-refractivity contribution is 0.614. The zero-order valence-corrected chi connectivity index (χ0v) is 11.2. The van der Waals surface area contributed by atoms with Gasteiger partial charge in [-0.05, 0) is 37.1 Å². The quantitative estimate of drug-likeness (QED) is 0.911. The number of hydrogen-bond acceptors (Lipinski definition) is 4. The highest BCUT2D eigenvalue weighted by atomic mass is 15.0. The van der Waals surface area contributed by atoms with Crippen molar-refractivity contribution in [2.24, 2.45) is 0 Å². The third kappa shape index (κ3) is 2.49. The second-order valence-electron chi connectivity index (χ2n) is 4.81. The molecule has 1 aliphatic rings. The molecular formula is C15H18N4. The van der Waals surface area contributed by atoms with Crippen molar-refractivity contribution in [2.45, 2.75) is 32.7 Å². The molecule has 0 spiro atoms. The zero-order chi connectivity index (χ0) is 13.1. The number of rotatable bonds is 3. The molecular weight excluding hydrogens is 236 g/mol. The third-order valence-corrected chi connectivity index (χ3v) is 3.40. The molecule has 0 aromatic carbocycles. The van der Waals surface area contributed by atoms with Crippen LogP contribution in [0.25, 0.3) is 11.5 Å². The van der Waals surface area contributed by atoms with E-state index in [1.807, 2.05) is 18.2 Å². The van der Waals surface area contributed by atoms with Crippen molar-refractivity contribution in [1.82, 2.24) is 20.3 Å².